The molecular weight excluding hydrogens is 325 g/mol. The summed E-state index contributed by atoms with van der Waals surface area (Å²) in [4.78, 5) is 14.9. The average molecular weight is 339 g/mol. The summed E-state index contributed by atoms with van der Waals surface area (Å²) in [5, 5.41) is 16.5. The number of aromatic nitrogens is 1. The number of H-pyrrole nitrogens is 1. The Hall–Kier alpha value is -2.73. The monoisotopic (exact) mass is 339 g/mol. The number of hydrogen-bond donors (Lipinski definition) is 3. The molecule has 3 N–H and O–H groups in total. The van der Waals surface area contributed by atoms with Crippen molar-refractivity contribution in [1.29, 1.82) is 10.8 Å². The first-order valence-electron chi connectivity index (χ1n) is 7.21. The van der Waals surface area contributed by atoms with Gasteiger partial charge in [-0.15, -0.1) is 11.8 Å². The minimum absolute atomic E-state index is 0.217. The minimum Gasteiger partial charge on any atom is -0.316 e. The highest BCUT2D eigenvalue weighted by atomic mass is 32.2. The molecule has 0 fully saturated rings. The van der Waals surface area contributed by atoms with Gasteiger partial charge in [0.2, 0.25) is 0 Å². The van der Waals surface area contributed by atoms with Crippen LogP contribution in [0.2, 0.25) is 0 Å². The molecule has 0 saturated heterocycles. The molecule has 1 aromatic heterocycles. The number of rotatable bonds is 5. The lowest BCUT2D eigenvalue weighted by Crippen LogP contribution is -2.13. The standard InChI is InChI=1S/C18H14FN3OS/c19-13-5-6-14-15(7-13)18(22-17(23)16(14)9-21)24-10-12-4-2-1-3-11(12)8-20/h1-9,20-21H,10H2,(H,22,23). The molecule has 0 radical (unpaired) electrons. The first kappa shape index (κ1) is 16.1. The Labute approximate surface area is 141 Å². The molecule has 0 aliphatic rings. The van der Waals surface area contributed by atoms with Crippen molar-refractivity contribution in [2.45, 2.75) is 10.8 Å². The lowest BCUT2D eigenvalue weighted by Gasteiger charge is -2.10. The number of nitrogens with one attached hydrogen (secondary N) is 3. The first-order valence-corrected chi connectivity index (χ1v) is 8.20. The molecule has 0 amide bonds. The number of hydrogen-bond acceptors (Lipinski definition) is 4. The van der Waals surface area contributed by atoms with Crippen LogP contribution in [0.1, 0.15) is 16.7 Å². The number of benzene rings is 2. The second-order valence-corrected chi connectivity index (χ2v) is 6.15. The van der Waals surface area contributed by atoms with E-state index in [9.17, 15) is 9.18 Å². The maximum absolute atomic E-state index is 13.6. The van der Waals surface area contributed by atoms with Crippen LogP contribution in [0.3, 0.4) is 0 Å². The minimum atomic E-state index is -0.396. The Balaban J connectivity index is 2.06. The molecule has 4 nitrogen and oxygen atoms in total. The number of aromatic amines is 1. The second kappa shape index (κ2) is 6.80. The van der Waals surface area contributed by atoms with Gasteiger partial charge in [-0.1, -0.05) is 30.3 Å². The van der Waals surface area contributed by atoms with E-state index in [0.717, 1.165) is 17.3 Å². The average Bonchev–Trinajstić information content (AvgIpc) is 2.60. The molecule has 120 valence electrons. The van der Waals surface area contributed by atoms with E-state index in [1.54, 1.807) is 0 Å². The van der Waals surface area contributed by atoms with Crippen LogP contribution in [0.15, 0.2) is 52.3 Å². The maximum Gasteiger partial charge on any atom is 0.258 e. The maximum atomic E-state index is 13.6. The first-order chi connectivity index (χ1) is 11.6. The van der Waals surface area contributed by atoms with Crippen molar-refractivity contribution in [2.75, 3.05) is 0 Å². The van der Waals surface area contributed by atoms with Gasteiger partial charge >= 0.3 is 0 Å². The van der Waals surface area contributed by atoms with Crippen molar-refractivity contribution >= 4 is 35.0 Å². The quantitative estimate of drug-likeness (QED) is 0.486. The summed E-state index contributed by atoms with van der Waals surface area (Å²) in [6.07, 6.45) is 2.27. The zero-order valence-corrected chi connectivity index (χ0v) is 13.4. The zero-order chi connectivity index (χ0) is 17.1. The molecule has 3 aromatic rings. The van der Waals surface area contributed by atoms with Crippen LogP contribution in [-0.2, 0) is 5.75 Å². The fourth-order valence-electron chi connectivity index (χ4n) is 2.51. The van der Waals surface area contributed by atoms with Gasteiger partial charge in [0.05, 0.1) is 10.6 Å². The molecular formula is C18H14FN3OS. The Morgan fingerprint density at radius 3 is 2.62 bits per heavy atom. The largest absolute Gasteiger partial charge is 0.316 e. The van der Waals surface area contributed by atoms with Crippen LogP contribution in [-0.4, -0.2) is 17.4 Å². The van der Waals surface area contributed by atoms with Crippen molar-refractivity contribution in [1.82, 2.24) is 4.98 Å². The SMILES string of the molecule is N=Cc1ccccc1CSc1[nH]c(=O)c(C=N)c2ccc(F)cc12. The van der Waals surface area contributed by atoms with Crippen LogP contribution < -0.4 is 5.56 Å². The van der Waals surface area contributed by atoms with E-state index in [-0.39, 0.29) is 11.1 Å². The highest BCUT2D eigenvalue weighted by molar-refractivity contribution is 7.98. The number of pyridine rings is 1. The van der Waals surface area contributed by atoms with E-state index in [4.69, 9.17) is 10.8 Å². The summed E-state index contributed by atoms with van der Waals surface area (Å²) in [7, 11) is 0. The van der Waals surface area contributed by atoms with Crippen LogP contribution in [0.25, 0.3) is 10.8 Å². The van der Waals surface area contributed by atoms with Gasteiger partial charge in [-0.05, 0) is 28.6 Å². The lowest BCUT2D eigenvalue weighted by molar-refractivity contribution is 0.629. The third-order valence-corrected chi connectivity index (χ3v) is 4.78. The van der Waals surface area contributed by atoms with Gasteiger partial charge in [0.15, 0.2) is 0 Å². The molecule has 6 heteroatoms. The number of halogens is 1. The van der Waals surface area contributed by atoms with E-state index >= 15 is 0 Å². The number of fused-ring (bicyclic) bond motifs is 1. The van der Waals surface area contributed by atoms with E-state index < -0.39 is 5.82 Å². The van der Waals surface area contributed by atoms with Crippen molar-refractivity contribution < 1.29 is 4.39 Å². The van der Waals surface area contributed by atoms with Gasteiger partial charge in [-0.3, -0.25) is 4.79 Å². The Morgan fingerprint density at radius 2 is 1.88 bits per heavy atom. The summed E-state index contributed by atoms with van der Waals surface area (Å²) < 4.78 is 13.6. The van der Waals surface area contributed by atoms with Crippen LogP contribution in [0, 0.1) is 16.6 Å². The Morgan fingerprint density at radius 1 is 1.08 bits per heavy atom. The molecule has 1 heterocycles. The predicted molar refractivity (Wildman–Crippen MR) is 96.3 cm³/mol. The van der Waals surface area contributed by atoms with Crippen LogP contribution >= 0.6 is 11.8 Å². The van der Waals surface area contributed by atoms with Crippen molar-refractivity contribution in [2.24, 2.45) is 0 Å². The molecule has 0 atom stereocenters. The summed E-state index contributed by atoms with van der Waals surface area (Å²) in [5.74, 6) is 0.143. The van der Waals surface area contributed by atoms with Gasteiger partial charge in [0, 0.05) is 23.6 Å². The topological polar surface area (TPSA) is 80.6 Å². The van der Waals surface area contributed by atoms with Gasteiger partial charge in [0.25, 0.3) is 5.56 Å². The highest BCUT2D eigenvalue weighted by Crippen LogP contribution is 2.29. The molecule has 3 rings (SSSR count). The number of thioether (sulfide) groups is 1. The van der Waals surface area contributed by atoms with Crippen LogP contribution in [0.5, 0.6) is 0 Å². The van der Waals surface area contributed by atoms with Gasteiger partial charge in [-0.25, -0.2) is 4.39 Å². The molecule has 0 bridgehead atoms. The predicted octanol–water partition coefficient (Wildman–Crippen LogP) is 3.95. The summed E-state index contributed by atoms with van der Waals surface area (Å²) in [6, 6.07) is 11.7. The summed E-state index contributed by atoms with van der Waals surface area (Å²) in [6.45, 7) is 0. The van der Waals surface area contributed by atoms with Crippen molar-refractivity contribution in [3.63, 3.8) is 0 Å². The van der Waals surface area contributed by atoms with Gasteiger partial charge < -0.3 is 15.8 Å². The molecule has 0 aliphatic carbocycles. The smallest absolute Gasteiger partial charge is 0.258 e. The fraction of sp³-hybridized carbons (Fsp3) is 0.0556. The van der Waals surface area contributed by atoms with E-state index in [1.807, 2.05) is 24.3 Å². The van der Waals surface area contributed by atoms with Crippen LogP contribution in [0.4, 0.5) is 4.39 Å². The normalized spacial score (nSPS) is 10.7. The molecule has 0 unspecified atom stereocenters. The summed E-state index contributed by atoms with van der Waals surface area (Å²) in [5.41, 5.74) is 1.61. The highest BCUT2D eigenvalue weighted by Gasteiger charge is 2.11. The van der Waals surface area contributed by atoms with E-state index in [0.29, 0.717) is 21.6 Å². The molecule has 24 heavy (non-hydrogen) atoms. The van der Waals surface area contributed by atoms with Gasteiger partial charge in [0.1, 0.15) is 5.82 Å². The molecule has 0 spiro atoms. The van der Waals surface area contributed by atoms with E-state index in [2.05, 4.69) is 4.98 Å². The third kappa shape index (κ3) is 3.00. The summed E-state index contributed by atoms with van der Waals surface area (Å²) >= 11 is 1.37. The molecule has 0 saturated carbocycles. The molecule has 2 aromatic carbocycles. The fourth-order valence-corrected chi connectivity index (χ4v) is 3.56. The van der Waals surface area contributed by atoms with Crippen molar-refractivity contribution in [3.05, 3.63) is 75.3 Å². The Bertz CT molecular complexity index is 997. The Kier molecular flexibility index (Phi) is 4.57. The van der Waals surface area contributed by atoms with Gasteiger partial charge in [-0.2, -0.15) is 0 Å². The van der Waals surface area contributed by atoms with E-state index in [1.165, 1.54) is 36.2 Å². The molecule has 0 aliphatic heterocycles. The zero-order valence-electron chi connectivity index (χ0n) is 12.6. The van der Waals surface area contributed by atoms with Crippen molar-refractivity contribution in [3.8, 4) is 0 Å². The third-order valence-electron chi connectivity index (χ3n) is 3.72. The second-order valence-electron chi connectivity index (χ2n) is 5.16. The lowest BCUT2D eigenvalue weighted by atomic mass is 10.1.